The molecule has 1 atom stereocenters. The second kappa shape index (κ2) is 10.6. The van der Waals surface area contributed by atoms with Gasteiger partial charge in [-0.3, -0.25) is 14.3 Å². The first-order valence-corrected chi connectivity index (χ1v) is 12.8. The zero-order chi connectivity index (χ0) is 23.3. The number of aryl methyl sites for hydroxylation is 1. The lowest BCUT2D eigenvalue weighted by atomic mass is 10.1. The smallest absolute Gasteiger partial charge is 0.266 e. The molecular weight excluding hydrogens is 442 g/mol. The Bertz CT molecular complexity index is 1310. The number of benzene rings is 3. The summed E-state index contributed by atoms with van der Waals surface area (Å²) in [5.41, 5.74) is 4.10. The number of morpholine rings is 1. The Morgan fingerprint density at radius 3 is 2.53 bits per heavy atom. The maximum atomic E-state index is 13.5. The summed E-state index contributed by atoms with van der Waals surface area (Å²) in [7, 11) is 0. The van der Waals surface area contributed by atoms with Crippen LogP contribution in [0.2, 0.25) is 0 Å². The third kappa shape index (κ3) is 5.09. The standard InChI is InChI=1S/C28H29N3O2S/c1-2-21-12-14-23(15-13-21)31-27(32)25-10-6-7-11-26(25)29-28(31)34-20-24-19-30(16-17-33-24)18-22-8-4-3-5-9-22/h3-15,24H,2,16-20H2,1H3/t24-/m0/s1. The van der Waals surface area contributed by atoms with Gasteiger partial charge >= 0.3 is 0 Å². The molecule has 0 bridgehead atoms. The van der Waals surface area contributed by atoms with Crippen molar-refractivity contribution in [3.8, 4) is 5.69 Å². The number of aromatic nitrogens is 2. The van der Waals surface area contributed by atoms with Crippen molar-refractivity contribution in [2.45, 2.75) is 31.1 Å². The SMILES string of the molecule is CCc1ccc(-n2c(SC[C@@H]3CN(Cc4ccccc4)CCO3)nc3ccccc3c2=O)cc1. The van der Waals surface area contributed by atoms with E-state index in [1.165, 1.54) is 11.1 Å². The van der Waals surface area contributed by atoms with Crippen LogP contribution in [0.4, 0.5) is 0 Å². The van der Waals surface area contributed by atoms with Gasteiger partial charge in [0.2, 0.25) is 0 Å². The number of hydrogen-bond donors (Lipinski definition) is 0. The summed E-state index contributed by atoms with van der Waals surface area (Å²) in [6.45, 7) is 5.57. The van der Waals surface area contributed by atoms with Crippen LogP contribution in [-0.2, 0) is 17.7 Å². The van der Waals surface area contributed by atoms with Crippen LogP contribution in [0.5, 0.6) is 0 Å². The van der Waals surface area contributed by atoms with Crippen LogP contribution < -0.4 is 5.56 Å². The summed E-state index contributed by atoms with van der Waals surface area (Å²) >= 11 is 1.60. The van der Waals surface area contributed by atoms with Gasteiger partial charge in [-0.1, -0.05) is 73.3 Å². The first-order chi connectivity index (χ1) is 16.7. The number of hydrogen-bond acceptors (Lipinski definition) is 5. The fourth-order valence-corrected chi connectivity index (χ4v) is 5.37. The first-order valence-electron chi connectivity index (χ1n) is 11.8. The van der Waals surface area contributed by atoms with Crippen LogP contribution in [0.1, 0.15) is 18.1 Å². The van der Waals surface area contributed by atoms with E-state index in [4.69, 9.17) is 9.72 Å². The molecule has 0 spiro atoms. The number of ether oxygens (including phenoxy) is 1. The number of fused-ring (bicyclic) bond motifs is 1. The van der Waals surface area contributed by atoms with Gasteiger partial charge in [0.1, 0.15) is 0 Å². The number of nitrogens with zero attached hydrogens (tertiary/aromatic N) is 3. The quantitative estimate of drug-likeness (QED) is 0.282. The van der Waals surface area contributed by atoms with Crippen molar-refractivity contribution in [1.82, 2.24) is 14.5 Å². The summed E-state index contributed by atoms with van der Waals surface area (Å²) < 4.78 is 7.83. The Labute approximate surface area is 204 Å². The van der Waals surface area contributed by atoms with Crippen LogP contribution in [-0.4, -0.2) is 46.0 Å². The van der Waals surface area contributed by atoms with Crippen LogP contribution in [0.25, 0.3) is 16.6 Å². The monoisotopic (exact) mass is 471 g/mol. The van der Waals surface area contributed by atoms with Crippen molar-refractivity contribution in [2.75, 3.05) is 25.4 Å². The normalized spacial score (nSPS) is 16.7. The third-order valence-electron chi connectivity index (χ3n) is 6.22. The predicted molar refractivity (Wildman–Crippen MR) is 139 cm³/mol. The van der Waals surface area contributed by atoms with Crippen molar-refractivity contribution >= 4 is 22.7 Å². The molecule has 174 valence electrons. The van der Waals surface area contributed by atoms with Crippen LogP contribution in [0, 0.1) is 0 Å². The fourth-order valence-electron chi connectivity index (χ4n) is 4.35. The lowest BCUT2D eigenvalue weighted by Crippen LogP contribution is -2.43. The van der Waals surface area contributed by atoms with E-state index >= 15 is 0 Å². The molecule has 2 heterocycles. The minimum atomic E-state index is -0.0346. The number of thioether (sulfide) groups is 1. The zero-order valence-electron chi connectivity index (χ0n) is 19.4. The van der Waals surface area contributed by atoms with Gasteiger partial charge in [-0.25, -0.2) is 4.98 Å². The average Bonchev–Trinajstić information content (AvgIpc) is 2.89. The van der Waals surface area contributed by atoms with E-state index < -0.39 is 0 Å². The molecule has 0 aliphatic carbocycles. The topological polar surface area (TPSA) is 47.4 Å². The van der Waals surface area contributed by atoms with Gasteiger partial charge in [0.25, 0.3) is 5.56 Å². The van der Waals surface area contributed by atoms with Crippen LogP contribution in [0.3, 0.4) is 0 Å². The molecule has 1 aliphatic rings. The second-order valence-electron chi connectivity index (χ2n) is 8.60. The molecule has 0 amide bonds. The van der Waals surface area contributed by atoms with E-state index in [-0.39, 0.29) is 11.7 Å². The second-order valence-corrected chi connectivity index (χ2v) is 9.58. The molecule has 0 unspecified atom stereocenters. The highest BCUT2D eigenvalue weighted by Crippen LogP contribution is 2.24. The van der Waals surface area contributed by atoms with E-state index in [2.05, 4.69) is 48.2 Å². The third-order valence-corrected chi connectivity index (χ3v) is 7.29. The highest BCUT2D eigenvalue weighted by atomic mass is 32.2. The highest BCUT2D eigenvalue weighted by Gasteiger charge is 2.22. The molecule has 1 aliphatic heterocycles. The number of para-hydroxylation sites is 1. The van der Waals surface area contributed by atoms with Crippen molar-refractivity contribution < 1.29 is 4.74 Å². The molecule has 4 aromatic rings. The van der Waals surface area contributed by atoms with Gasteiger partial charge in [-0.15, -0.1) is 0 Å². The summed E-state index contributed by atoms with van der Waals surface area (Å²) in [6.07, 6.45) is 1.05. The van der Waals surface area contributed by atoms with E-state index in [1.54, 1.807) is 16.3 Å². The molecule has 1 fully saturated rings. The summed E-state index contributed by atoms with van der Waals surface area (Å²) in [5, 5.41) is 1.34. The molecule has 0 N–H and O–H groups in total. The van der Waals surface area contributed by atoms with E-state index in [1.807, 2.05) is 42.5 Å². The predicted octanol–water partition coefficient (Wildman–Crippen LogP) is 4.94. The van der Waals surface area contributed by atoms with Crippen LogP contribution in [0.15, 0.2) is 88.8 Å². The van der Waals surface area contributed by atoms with Crippen molar-refractivity contribution in [3.05, 3.63) is 100 Å². The van der Waals surface area contributed by atoms with Gasteiger partial charge in [0.15, 0.2) is 5.16 Å². The van der Waals surface area contributed by atoms with Crippen molar-refractivity contribution in [3.63, 3.8) is 0 Å². The lowest BCUT2D eigenvalue weighted by molar-refractivity contribution is -0.0187. The molecule has 0 radical (unpaired) electrons. The van der Waals surface area contributed by atoms with Gasteiger partial charge in [-0.2, -0.15) is 0 Å². The zero-order valence-corrected chi connectivity index (χ0v) is 20.2. The van der Waals surface area contributed by atoms with Gasteiger partial charge < -0.3 is 4.74 Å². The lowest BCUT2D eigenvalue weighted by Gasteiger charge is -2.32. The van der Waals surface area contributed by atoms with E-state index in [9.17, 15) is 4.79 Å². The Morgan fingerprint density at radius 1 is 0.971 bits per heavy atom. The van der Waals surface area contributed by atoms with Gasteiger partial charge in [0.05, 0.1) is 29.3 Å². The molecule has 1 saturated heterocycles. The van der Waals surface area contributed by atoms with Gasteiger partial charge in [0, 0.05) is 25.4 Å². The molecular formula is C28H29N3O2S. The maximum Gasteiger partial charge on any atom is 0.266 e. The summed E-state index contributed by atoms with van der Waals surface area (Å²) in [5.74, 6) is 0.739. The molecule has 5 nitrogen and oxygen atoms in total. The Balaban J connectivity index is 1.38. The molecule has 5 rings (SSSR count). The molecule has 34 heavy (non-hydrogen) atoms. The molecule has 3 aromatic carbocycles. The van der Waals surface area contributed by atoms with Crippen molar-refractivity contribution in [2.24, 2.45) is 0 Å². The van der Waals surface area contributed by atoms with E-state index in [0.717, 1.165) is 43.0 Å². The Morgan fingerprint density at radius 2 is 1.74 bits per heavy atom. The average molecular weight is 472 g/mol. The summed E-state index contributed by atoms with van der Waals surface area (Å²) in [6, 6.07) is 26.3. The van der Waals surface area contributed by atoms with E-state index in [0.29, 0.717) is 17.1 Å². The maximum absolute atomic E-state index is 13.5. The minimum absolute atomic E-state index is 0.0346. The van der Waals surface area contributed by atoms with Crippen molar-refractivity contribution in [1.29, 1.82) is 0 Å². The van der Waals surface area contributed by atoms with Crippen LogP contribution >= 0.6 is 11.8 Å². The first kappa shape index (κ1) is 22.8. The minimum Gasteiger partial charge on any atom is -0.375 e. The molecule has 1 aromatic heterocycles. The Hall–Kier alpha value is -2.93. The fraction of sp³-hybridized carbons (Fsp3) is 0.286. The Kier molecular flexibility index (Phi) is 7.09. The number of rotatable bonds is 7. The van der Waals surface area contributed by atoms with Gasteiger partial charge in [-0.05, 0) is 41.8 Å². The summed E-state index contributed by atoms with van der Waals surface area (Å²) in [4.78, 5) is 20.8. The highest BCUT2D eigenvalue weighted by molar-refractivity contribution is 7.99. The largest absolute Gasteiger partial charge is 0.375 e. The molecule has 0 saturated carbocycles. The molecule has 6 heteroatoms.